The molecule has 4 heteroatoms. The molecule has 21 heavy (non-hydrogen) atoms. The average Bonchev–Trinajstić information content (AvgIpc) is 2.93. The number of nitrogens with zero attached hydrogens (tertiary/aromatic N) is 1. The number of furan rings is 1. The van der Waals surface area contributed by atoms with Crippen LogP contribution in [0.3, 0.4) is 0 Å². The predicted octanol–water partition coefficient (Wildman–Crippen LogP) is 4.75. The largest absolute Gasteiger partial charge is 0.465 e. The van der Waals surface area contributed by atoms with Crippen molar-refractivity contribution in [2.75, 3.05) is 0 Å². The third kappa shape index (κ3) is 3.01. The SMILES string of the molecule is Cc1ccc(C(C)NCc2ccc(Br)c3cccnc23)o1. The highest BCUT2D eigenvalue weighted by atomic mass is 79.9. The van der Waals surface area contributed by atoms with Gasteiger partial charge in [0.25, 0.3) is 0 Å². The van der Waals surface area contributed by atoms with Crippen molar-refractivity contribution in [3.63, 3.8) is 0 Å². The van der Waals surface area contributed by atoms with E-state index in [9.17, 15) is 0 Å². The molecule has 0 radical (unpaired) electrons. The summed E-state index contributed by atoms with van der Waals surface area (Å²) in [6, 6.07) is 12.4. The fourth-order valence-corrected chi connectivity index (χ4v) is 2.84. The van der Waals surface area contributed by atoms with E-state index in [4.69, 9.17) is 4.42 Å². The van der Waals surface area contributed by atoms with Crippen LogP contribution in [0, 0.1) is 6.92 Å². The lowest BCUT2D eigenvalue weighted by Crippen LogP contribution is -2.17. The molecule has 2 aromatic heterocycles. The van der Waals surface area contributed by atoms with Crippen LogP contribution in [0.2, 0.25) is 0 Å². The molecule has 0 bridgehead atoms. The summed E-state index contributed by atoms with van der Waals surface area (Å²) in [6.45, 7) is 4.82. The smallest absolute Gasteiger partial charge is 0.120 e. The van der Waals surface area contributed by atoms with Gasteiger partial charge in [-0.25, -0.2) is 0 Å². The van der Waals surface area contributed by atoms with Gasteiger partial charge in [-0.3, -0.25) is 4.98 Å². The van der Waals surface area contributed by atoms with E-state index in [2.05, 4.69) is 51.4 Å². The summed E-state index contributed by atoms with van der Waals surface area (Å²) in [5, 5.41) is 4.63. The molecule has 1 N–H and O–H groups in total. The third-order valence-corrected chi connectivity index (χ3v) is 4.28. The number of nitrogens with one attached hydrogen (secondary N) is 1. The molecule has 0 saturated carbocycles. The number of benzene rings is 1. The minimum Gasteiger partial charge on any atom is -0.465 e. The maximum absolute atomic E-state index is 5.65. The first-order valence-electron chi connectivity index (χ1n) is 6.97. The molecule has 0 aliphatic heterocycles. The van der Waals surface area contributed by atoms with Crippen LogP contribution in [-0.4, -0.2) is 4.98 Å². The molecule has 3 aromatic rings. The van der Waals surface area contributed by atoms with Gasteiger partial charge in [-0.15, -0.1) is 0 Å². The van der Waals surface area contributed by atoms with Crippen LogP contribution >= 0.6 is 15.9 Å². The molecule has 0 saturated heterocycles. The molecule has 0 amide bonds. The van der Waals surface area contributed by atoms with Crippen molar-refractivity contribution in [3.05, 3.63) is 64.2 Å². The van der Waals surface area contributed by atoms with Crippen LogP contribution in [0.5, 0.6) is 0 Å². The molecule has 0 aliphatic rings. The molecule has 108 valence electrons. The van der Waals surface area contributed by atoms with Gasteiger partial charge in [-0.2, -0.15) is 0 Å². The summed E-state index contributed by atoms with van der Waals surface area (Å²) in [7, 11) is 0. The van der Waals surface area contributed by atoms with Gasteiger partial charge in [0.2, 0.25) is 0 Å². The van der Waals surface area contributed by atoms with Gasteiger partial charge in [0.15, 0.2) is 0 Å². The first-order chi connectivity index (χ1) is 10.1. The Hall–Kier alpha value is -1.65. The van der Waals surface area contributed by atoms with Gasteiger partial charge in [0, 0.05) is 22.6 Å². The molecule has 2 heterocycles. The van der Waals surface area contributed by atoms with Crippen LogP contribution in [0.1, 0.15) is 30.0 Å². The lowest BCUT2D eigenvalue weighted by molar-refractivity contribution is 0.416. The Morgan fingerprint density at radius 2 is 2.10 bits per heavy atom. The van der Waals surface area contributed by atoms with E-state index >= 15 is 0 Å². The van der Waals surface area contributed by atoms with Gasteiger partial charge in [-0.1, -0.05) is 28.1 Å². The second kappa shape index (κ2) is 6.00. The lowest BCUT2D eigenvalue weighted by Gasteiger charge is -2.13. The Morgan fingerprint density at radius 3 is 2.86 bits per heavy atom. The number of hydrogen-bond donors (Lipinski definition) is 1. The zero-order valence-corrected chi connectivity index (χ0v) is 13.6. The Balaban J connectivity index is 1.81. The number of halogens is 1. The summed E-state index contributed by atoms with van der Waals surface area (Å²) < 4.78 is 6.73. The number of pyridine rings is 1. The number of rotatable bonds is 4. The molecule has 0 aliphatic carbocycles. The van der Waals surface area contributed by atoms with Crippen molar-refractivity contribution in [1.82, 2.24) is 10.3 Å². The first-order valence-corrected chi connectivity index (χ1v) is 7.76. The highest BCUT2D eigenvalue weighted by Gasteiger charge is 2.11. The first kappa shape index (κ1) is 14.3. The van der Waals surface area contributed by atoms with Crippen molar-refractivity contribution < 1.29 is 4.42 Å². The highest BCUT2D eigenvalue weighted by Crippen LogP contribution is 2.25. The van der Waals surface area contributed by atoms with Crippen LogP contribution in [0.15, 0.2) is 51.5 Å². The zero-order chi connectivity index (χ0) is 14.8. The van der Waals surface area contributed by atoms with Gasteiger partial charge in [-0.05, 0) is 43.7 Å². The summed E-state index contributed by atoms with van der Waals surface area (Å²) in [4.78, 5) is 4.50. The van der Waals surface area contributed by atoms with Crippen LogP contribution in [-0.2, 0) is 6.54 Å². The fraction of sp³-hybridized carbons (Fsp3) is 0.235. The van der Waals surface area contributed by atoms with E-state index in [1.165, 1.54) is 5.56 Å². The predicted molar refractivity (Wildman–Crippen MR) is 88.1 cm³/mol. The van der Waals surface area contributed by atoms with E-state index in [0.717, 1.165) is 33.4 Å². The Morgan fingerprint density at radius 1 is 1.24 bits per heavy atom. The molecule has 1 atom stereocenters. The maximum Gasteiger partial charge on any atom is 0.120 e. The van der Waals surface area contributed by atoms with Crippen molar-refractivity contribution in [3.8, 4) is 0 Å². The Kier molecular flexibility index (Phi) is 4.08. The zero-order valence-electron chi connectivity index (χ0n) is 12.1. The number of hydrogen-bond acceptors (Lipinski definition) is 3. The molecular weight excluding hydrogens is 328 g/mol. The monoisotopic (exact) mass is 344 g/mol. The van der Waals surface area contributed by atoms with Crippen molar-refractivity contribution >= 4 is 26.8 Å². The van der Waals surface area contributed by atoms with Crippen molar-refractivity contribution in [2.24, 2.45) is 0 Å². The highest BCUT2D eigenvalue weighted by molar-refractivity contribution is 9.10. The molecule has 1 unspecified atom stereocenters. The normalized spacial score (nSPS) is 12.7. The molecule has 3 rings (SSSR count). The van der Waals surface area contributed by atoms with Gasteiger partial charge in [0.05, 0.1) is 11.6 Å². The maximum atomic E-state index is 5.65. The summed E-state index contributed by atoms with van der Waals surface area (Å²) >= 11 is 3.58. The molecule has 1 aromatic carbocycles. The number of aryl methyl sites for hydroxylation is 1. The fourth-order valence-electron chi connectivity index (χ4n) is 2.39. The van der Waals surface area contributed by atoms with E-state index < -0.39 is 0 Å². The standard InChI is InChI=1S/C17H17BrN2O/c1-11-5-8-16(21-11)12(2)20-10-13-6-7-15(18)14-4-3-9-19-17(13)14/h3-9,12,20H,10H2,1-2H3. The van der Waals surface area contributed by atoms with Crippen LogP contribution < -0.4 is 5.32 Å². The quantitative estimate of drug-likeness (QED) is 0.742. The number of aromatic nitrogens is 1. The second-order valence-electron chi connectivity index (χ2n) is 5.16. The Bertz CT molecular complexity index is 766. The van der Waals surface area contributed by atoms with E-state index in [-0.39, 0.29) is 6.04 Å². The van der Waals surface area contributed by atoms with Gasteiger partial charge >= 0.3 is 0 Å². The molecular formula is C17H17BrN2O. The van der Waals surface area contributed by atoms with Gasteiger partial charge in [0.1, 0.15) is 11.5 Å². The average molecular weight is 345 g/mol. The molecule has 0 spiro atoms. The minimum atomic E-state index is 0.168. The molecule has 3 nitrogen and oxygen atoms in total. The van der Waals surface area contributed by atoms with Crippen molar-refractivity contribution in [1.29, 1.82) is 0 Å². The molecule has 0 fully saturated rings. The van der Waals surface area contributed by atoms with E-state index in [1.54, 1.807) is 0 Å². The van der Waals surface area contributed by atoms with Crippen LogP contribution in [0.25, 0.3) is 10.9 Å². The second-order valence-corrected chi connectivity index (χ2v) is 6.01. The number of fused-ring (bicyclic) bond motifs is 1. The van der Waals surface area contributed by atoms with Crippen LogP contribution in [0.4, 0.5) is 0 Å². The minimum absolute atomic E-state index is 0.168. The van der Waals surface area contributed by atoms with E-state index in [0.29, 0.717) is 0 Å². The van der Waals surface area contributed by atoms with E-state index in [1.807, 2.05) is 31.3 Å². The lowest BCUT2D eigenvalue weighted by atomic mass is 10.1. The summed E-state index contributed by atoms with van der Waals surface area (Å²) in [6.07, 6.45) is 1.83. The Labute approximate surface area is 132 Å². The van der Waals surface area contributed by atoms with Crippen molar-refractivity contribution in [2.45, 2.75) is 26.4 Å². The third-order valence-electron chi connectivity index (χ3n) is 3.59. The topological polar surface area (TPSA) is 38.1 Å². The van der Waals surface area contributed by atoms with Gasteiger partial charge < -0.3 is 9.73 Å². The summed E-state index contributed by atoms with van der Waals surface area (Å²) in [5.74, 6) is 1.90. The summed E-state index contributed by atoms with van der Waals surface area (Å²) in [5.41, 5.74) is 2.21.